The first-order chi connectivity index (χ1) is 15.8. The van der Waals surface area contributed by atoms with Crippen LogP contribution in [0.25, 0.3) is 39.2 Å². The molecule has 5 aromatic rings. The summed E-state index contributed by atoms with van der Waals surface area (Å²) in [4.78, 5) is 3.27. The Morgan fingerprint density at radius 3 is 2.59 bits per heavy atom. The van der Waals surface area contributed by atoms with Crippen molar-refractivity contribution in [3.05, 3.63) is 120 Å². The van der Waals surface area contributed by atoms with Gasteiger partial charge < -0.3 is 10.3 Å². The molecule has 0 saturated heterocycles. The van der Waals surface area contributed by atoms with Gasteiger partial charge in [0.25, 0.3) is 0 Å². The molecule has 1 aromatic heterocycles. The van der Waals surface area contributed by atoms with Crippen molar-refractivity contribution >= 4 is 22.7 Å². The molecule has 2 heteroatoms. The summed E-state index contributed by atoms with van der Waals surface area (Å²) in [6.45, 7) is 0. The van der Waals surface area contributed by atoms with Gasteiger partial charge in [-0.2, -0.15) is 0 Å². The van der Waals surface area contributed by atoms with Gasteiger partial charge in [0.1, 0.15) is 0 Å². The average Bonchev–Trinajstić information content (AvgIpc) is 3.46. The summed E-state index contributed by atoms with van der Waals surface area (Å²) in [6.07, 6.45) is 6.40. The standard InChI is InChI=1S/C30H20N2/c1-2-7-19(8-3-1)26-16-22(15-21-13-14-31-30(21)26)23-11-6-9-20-17-29-27(18-25(20)23)24-10-4-5-12-28(24)32-29/h1-12,15-17,27,31-32H,18H2. The van der Waals surface area contributed by atoms with Crippen LogP contribution >= 0.6 is 0 Å². The highest BCUT2D eigenvalue weighted by atomic mass is 14.9. The lowest BCUT2D eigenvalue weighted by Gasteiger charge is -2.23. The number of hydrogen-bond acceptors (Lipinski definition) is 1. The number of allylic oxidation sites excluding steroid dienone is 1. The number of H-pyrrole nitrogens is 1. The van der Waals surface area contributed by atoms with E-state index >= 15 is 0 Å². The summed E-state index contributed by atoms with van der Waals surface area (Å²) in [7, 11) is 0. The molecule has 1 aliphatic carbocycles. The number of aromatic amines is 1. The number of aromatic nitrogens is 1. The zero-order valence-corrected chi connectivity index (χ0v) is 17.4. The van der Waals surface area contributed by atoms with Crippen LogP contribution in [0.1, 0.15) is 22.6 Å². The topological polar surface area (TPSA) is 27.8 Å². The second-order valence-corrected chi connectivity index (χ2v) is 8.63. The van der Waals surface area contributed by atoms with Crippen molar-refractivity contribution in [3.63, 3.8) is 0 Å². The minimum Gasteiger partial charge on any atom is -0.358 e. The van der Waals surface area contributed by atoms with Crippen molar-refractivity contribution in [2.24, 2.45) is 0 Å². The first-order valence-electron chi connectivity index (χ1n) is 11.1. The molecule has 2 aliphatic rings. The minimum absolute atomic E-state index is 0.393. The van der Waals surface area contributed by atoms with Crippen LogP contribution < -0.4 is 5.32 Å². The Morgan fingerprint density at radius 1 is 0.781 bits per heavy atom. The number of para-hydroxylation sites is 1. The highest BCUT2D eigenvalue weighted by Gasteiger charge is 2.31. The van der Waals surface area contributed by atoms with Crippen LogP contribution in [0.5, 0.6) is 0 Å². The van der Waals surface area contributed by atoms with E-state index in [4.69, 9.17) is 0 Å². The second kappa shape index (κ2) is 6.64. The number of rotatable bonds is 2. The van der Waals surface area contributed by atoms with E-state index in [1.165, 1.54) is 50.3 Å². The largest absolute Gasteiger partial charge is 0.358 e. The van der Waals surface area contributed by atoms with Crippen LogP contribution in [0.3, 0.4) is 0 Å². The minimum atomic E-state index is 0.393. The predicted molar refractivity (Wildman–Crippen MR) is 131 cm³/mol. The third kappa shape index (κ3) is 2.55. The SMILES string of the molecule is c1[nH]c2c(-c3ccccc3)cc(-c3cccc4c3CC3C(=C4)Nc4ccccc43)cc2c#1. The van der Waals surface area contributed by atoms with Crippen LogP contribution in [-0.2, 0) is 6.42 Å². The third-order valence-electron chi connectivity index (χ3n) is 6.84. The molecule has 2 nitrogen and oxygen atoms in total. The summed E-state index contributed by atoms with van der Waals surface area (Å²) < 4.78 is 0. The van der Waals surface area contributed by atoms with Crippen molar-refractivity contribution in [2.45, 2.75) is 12.3 Å². The lowest BCUT2D eigenvalue weighted by Crippen LogP contribution is -2.11. The van der Waals surface area contributed by atoms with E-state index < -0.39 is 0 Å². The summed E-state index contributed by atoms with van der Waals surface area (Å²) in [5.74, 6) is 0.393. The van der Waals surface area contributed by atoms with Crippen LogP contribution in [0.4, 0.5) is 5.69 Å². The summed E-state index contributed by atoms with van der Waals surface area (Å²) >= 11 is 0. The first kappa shape index (κ1) is 17.5. The summed E-state index contributed by atoms with van der Waals surface area (Å²) in [5, 5.41) is 4.70. The number of fused-ring (bicyclic) bond motifs is 5. The molecule has 1 atom stereocenters. The van der Waals surface area contributed by atoms with Crippen molar-refractivity contribution in [1.29, 1.82) is 0 Å². The highest BCUT2D eigenvalue weighted by molar-refractivity contribution is 5.97. The van der Waals surface area contributed by atoms with Crippen molar-refractivity contribution in [1.82, 2.24) is 4.98 Å². The monoisotopic (exact) mass is 408 g/mol. The van der Waals surface area contributed by atoms with Gasteiger partial charge >= 0.3 is 0 Å². The number of nitrogens with one attached hydrogen (secondary N) is 2. The van der Waals surface area contributed by atoms with Gasteiger partial charge in [-0.25, -0.2) is 0 Å². The Morgan fingerprint density at radius 2 is 1.66 bits per heavy atom. The fourth-order valence-electron chi connectivity index (χ4n) is 5.33. The fraction of sp³-hybridized carbons (Fsp3) is 0.0667. The molecule has 2 N–H and O–H groups in total. The van der Waals surface area contributed by atoms with Gasteiger partial charge in [0.05, 0.1) is 10.9 Å². The van der Waals surface area contributed by atoms with Gasteiger partial charge in [-0.3, -0.25) is 0 Å². The molecule has 0 saturated carbocycles. The van der Waals surface area contributed by atoms with E-state index in [-0.39, 0.29) is 0 Å². The molecule has 1 aliphatic heterocycles. The Bertz CT molecular complexity index is 1520. The van der Waals surface area contributed by atoms with Crippen LogP contribution in [0, 0.1) is 12.3 Å². The van der Waals surface area contributed by atoms with E-state index in [1.807, 2.05) is 0 Å². The maximum Gasteiger partial charge on any atom is 0.0695 e. The van der Waals surface area contributed by atoms with E-state index in [1.54, 1.807) is 0 Å². The molecule has 150 valence electrons. The van der Waals surface area contributed by atoms with Crippen LogP contribution in [0.15, 0.2) is 90.6 Å². The molecule has 1 unspecified atom stereocenters. The van der Waals surface area contributed by atoms with Gasteiger partial charge in [-0.15, -0.1) is 0 Å². The van der Waals surface area contributed by atoms with Gasteiger partial charge in [0.2, 0.25) is 0 Å². The molecule has 0 spiro atoms. The van der Waals surface area contributed by atoms with Crippen molar-refractivity contribution in [3.8, 4) is 22.3 Å². The predicted octanol–water partition coefficient (Wildman–Crippen LogP) is 7.21. The summed E-state index contributed by atoms with van der Waals surface area (Å²) in [6, 6.07) is 33.7. The van der Waals surface area contributed by atoms with Gasteiger partial charge in [-0.1, -0.05) is 66.7 Å². The molecule has 32 heavy (non-hydrogen) atoms. The average molecular weight is 409 g/mol. The first-order valence-corrected chi connectivity index (χ1v) is 11.1. The molecule has 4 aromatic carbocycles. The second-order valence-electron chi connectivity index (χ2n) is 8.63. The normalized spacial score (nSPS) is 15.9. The Hall–Kier alpha value is -4.22. The lowest BCUT2D eigenvalue weighted by atomic mass is 9.81. The zero-order chi connectivity index (χ0) is 21.1. The summed E-state index contributed by atoms with van der Waals surface area (Å²) in [5.41, 5.74) is 12.7. The van der Waals surface area contributed by atoms with Gasteiger partial charge in [0.15, 0.2) is 0 Å². The Balaban J connectivity index is 1.41. The Kier molecular flexibility index (Phi) is 3.62. The Labute approximate surface area is 187 Å². The zero-order valence-electron chi connectivity index (χ0n) is 17.4. The molecular weight excluding hydrogens is 388 g/mol. The van der Waals surface area contributed by atoms with Crippen LogP contribution in [-0.4, -0.2) is 4.98 Å². The maximum atomic E-state index is 3.64. The fourth-order valence-corrected chi connectivity index (χ4v) is 5.33. The van der Waals surface area contributed by atoms with E-state index in [0.717, 1.165) is 17.3 Å². The van der Waals surface area contributed by atoms with E-state index in [0.29, 0.717) is 5.92 Å². The van der Waals surface area contributed by atoms with E-state index in [9.17, 15) is 0 Å². The molecule has 7 rings (SSSR count). The molecule has 0 fully saturated rings. The molecule has 0 bridgehead atoms. The van der Waals surface area contributed by atoms with Gasteiger partial charge in [-0.05, 0) is 70.1 Å². The van der Waals surface area contributed by atoms with Gasteiger partial charge in [0, 0.05) is 29.1 Å². The third-order valence-corrected chi connectivity index (χ3v) is 6.84. The maximum absolute atomic E-state index is 3.64. The quantitative estimate of drug-likeness (QED) is 0.317. The van der Waals surface area contributed by atoms with E-state index in [2.05, 4.69) is 114 Å². The molecular formula is C30H20N2. The number of hydrogen-bond donors (Lipinski definition) is 2. The van der Waals surface area contributed by atoms with Crippen molar-refractivity contribution in [2.75, 3.05) is 5.32 Å². The molecule has 0 radical (unpaired) electrons. The smallest absolute Gasteiger partial charge is 0.0695 e. The number of benzene rings is 4. The molecule has 0 amide bonds. The highest BCUT2D eigenvalue weighted by Crippen LogP contribution is 2.46. The van der Waals surface area contributed by atoms with Crippen molar-refractivity contribution < 1.29 is 0 Å². The van der Waals surface area contributed by atoms with Crippen LogP contribution in [0.2, 0.25) is 0 Å². The molecule has 2 heterocycles. The number of anilines is 1. The lowest BCUT2D eigenvalue weighted by molar-refractivity contribution is 0.813.